The Morgan fingerprint density at radius 1 is 1.50 bits per heavy atom. The molecule has 0 aliphatic carbocycles. The third-order valence-electron chi connectivity index (χ3n) is 1.48. The molecule has 0 amide bonds. The van der Waals surface area contributed by atoms with Crippen LogP contribution in [0.15, 0.2) is 18.3 Å². The quantitative estimate of drug-likeness (QED) is 0.714. The first-order chi connectivity index (χ1) is 5.79. The average Bonchev–Trinajstić information content (AvgIpc) is 2.46. The molecule has 0 atom stereocenters. The maximum atomic E-state index is 8.74. The van der Waals surface area contributed by atoms with Crippen LogP contribution in [0, 0.1) is 0 Å². The third-order valence-corrected chi connectivity index (χ3v) is 1.70. The summed E-state index contributed by atoms with van der Waals surface area (Å²) in [4.78, 5) is 4.02. The van der Waals surface area contributed by atoms with Gasteiger partial charge in [-0.2, -0.15) is 0 Å². The number of rotatable bonds is 1. The minimum absolute atomic E-state index is 0.153. The van der Waals surface area contributed by atoms with Gasteiger partial charge < -0.3 is 5.11 Å². The Labute approximate surface area is 73.4 Å². The normalized spacial score (nSPS) is 10.8. The molecule has 2 rings (SSSR count). The highest BCUT2D eigenvalue weighted by molar-refractivity contribution is 6.30. The maximum absolute atomic E-state index is 8.74. The van der Waals surface area contributed by atoms with Crippen molar-refractivity contribution >= 4 is 17.2 Å². The molecule has 0 fully saturated rings. The molecule has 5 heteroatoms. The summed E-state index contributed by atoms with van der Waals surface area (Å²) in [5, 5.41) is 13.3. The molecule has 0 radical (unpaired) electrons. The Morgan fingerprint density at radius 2 is 2.33 bits per heavy atom. The Hall–Kier alpha value is -1.13. The van der Waals surface area contributed by atoms with Gasteiger partial charge in [0.15, 0.2) is 11.5 Å². The van der Waals surface area contributed by atoms with E-state index in [0.717, 1.165) is 0 Å². The number of aliphatic hydroxyl groups excluding tert-OH is 1. The predicted octanol–water partition coefficient (Wildman–Crippen LogP) is 0.875. The summed E-state index contributed by atoms with van der Waals surface area (Å²) in [6, 6.07) is 3.47. The lowest BCUT2D eigenvalue weighted by Gasteiger charge is -1.89. The first-order valence-corrected chi connectivity index (χ1v) is 3.79. The number of aliphatic hydroxyl groups is 1. The smallest absolute Gasteiger partial charge is 0.177 e. The standard InChI is InChI=1S/C7H6ClN3O/c8-5-1-2-7-9-6(4-12)10-11(7)3-5/h1-3,12H,4H2. The van der Waals surface area contributed by atoms with Gasteiger partial charge in [-0.1, -0.05) is 11.6 Å². The molecule has 4 nitrogen and oxygen atoms in total. The van der Waals surface area contributed by atoms with E-state index in [2.05, 4.69) is 10.1 Å². The van der Waals surface area contributed by atoms with Crippen LogP contribution in [0.4, 0.5) is 0 Å². The summed E-state index contributed by atoms with van der Waals surface area (Å²) in [5.41, 5.74) is 0.684. The number of hydrogen-bond acceptors (Lipinski definition) is 3. The van der Waals surface area contributed by atoms with E-state index in [-0.39, 0.29) is 6.61 Å². The van der Waals surface area contributed by atoms with Crippen molar-refractivity contribution in [3.63, 3.8) is 0 Å². The molecule has 62 valence electrons. The van der Waals surface area contributed by atoms with Crippen LogP contribution in [0.25, 0.3) is 5.65 Å². The van der Waals surface area contributed by atoms with Gasteiger partial charge in [0, 0.05) is 6.20 Å². The van der Waals surface area contributed by atoms with E-state index in [4.69, 9.17) is 16.7 Å². The monoisotopic (exact) mass is 183 g/mol. The van der Waals surface area contributed by atoms with Crippen molar-refractivity contribution in [2.45, 2.75) is 6.61 Å². The van der Waals surface area contributed by atoms with Crippen molar-refractivity contribution in [2.24, 2.45) is 0 Å². The second kappa shape index (κ2) is 2.73. The van der Waals surface area contributed by atoms with Crippen LogP contribution in [0.2, 0.25) is 5.02 Å². The fourth-order valence-electron chi connectivity index (χ4n) is 0.971. The van der Waals surface area contributed by atoms with Gasteiger partial charge in [0.25, 0.3) is 0 Å². The number of nitrogens with zero attached hydrogens (tertiary/aromatic N) is 3. The highest BCUT2D eigenvalue weighted by Gasteiger charge is 2.00. The molecule has 0 aliphatic heterocycles. The first kappa shape index (κ1) is 7.52. The van der Waals surface area contributed by atoms with Crippen LogP contribution in [0.1, 0.15) is 5.82 Å². The van der Waals surface area contributed by atoms with Crippen molar-refractivity contribution in [2.75, 3.05) is 0 Å². The molecule has 0 bridgehead atoms. The van der Waals surface area contributed by atoms with Gasteiger partial charge in [0.1, 0.15) is 6.61 Å². The lowest BCUT2D eigenvalue weighted by molar-refractivity contribution is 0.271. The molecule has 0 saturated heterocycles. The van der Waals surface area contributed by atoms with Crippen molar-refractivity contribution < 1.29 is 5.11 Å². The van der Waals surface area contributed by atoms with E-state index in [9.17, 15) is 0 Å². The Balaban J connectivity index is 2.67. The van der Waals surface area contributed by atoms with Gasteiger partial charge >= 0.3 is 0 Å². The number of aromatic nitrogens is 3. The van der Waals surface area contributed by atoms with Crippen LogP contribution in [-0.4, -0.2) is 19.7 Å². The first-order valence-electron chi connectivity index (χ1n) is 3.41. The van der Waals surface area contributed by atoms with E-state index in [1.54, 1.807) is 18.3 Å². The highest BCUT2D eigenvalue weighted by Crippen LogP contribution is 2.09. The summed E-state index contributed by atoms with van der Waals surface area (Å²) < 4.78 is 1.54. The van der Waals surface area contributed by atoms with Gasteiger partial charge in [-0.15, -0.1) is 5.10 Å². The molecule has 2 aromatic heterocycles. The lowest BCUT2D eigenvalue weighted by Crippen LogP contribution is -1.88. The number of fused-ring (bicyclic) bond motifs is 1. The summed E-state index contributed by atoms with van der Waals surface area (Å²) in [7, 11) is 0. The molecule has 0 saturated carbocycles. The van der Waals surface area contributed by atoms with Gasteiger partial charge in [-0.05, 0) is 12.1 Å². The van der Waals surface area contributed by atoms with Gasteiger partial charge in [0.05, 0.1) is 5.02 Å². The zero-order valence-corrected chi connectivity index (χ0v) is 6.86. The van der Waals surface area contributed by atoms with Crippen LogP contribution in [-0.2, 0) is 6.61 Å². The number of halogens is 1. The minimum Gasteiger partial charge on any atom is -0.388 e. The van der Waals surface area contributed by atoms with E-state index in [0.29, 0.717) is 16.5 Å². The second-order valence-electron chi connectivity index (χ2n) is 2.34. The molecule has 0 spiro atoms. The fraction of sp³-hybridized carbons (Fsp3) is 0.143. The van der Waals surface area contributed by atoms with E-state index >= 15 is 0 Å². The lowest BCUT2D eigenvalue weighted by atomic mass is 10.5. The second-order valence-corrected chi connectivity index (χ2v) is 2.77. The minimum atomic E-state index is -0.153. The summed E-state index contributed by atoms with van der Waals surface area (Å²) >= 11 is 5.72. The Bertz CT molecular complexity index is 412. The molecule has 2 aromatic rings. The summed E-state index contributed by atoms with van der Waals surface area (Å²) in [5.74, 6) is 0.400. The van der Waals surface area contributed by atoms with Crippen molar-refractivity contribution in [3.05, 3.63) is 29.2 Å². The van der Waals surface area contributed by atoms with Crippen molar-refractivity contribution in [1.29, 1.82) is 0 Å². The molecular weight excluding hydrogens is 178 g/mol. The van der Waals surface area contributed by atoms with Crippen molar-refractivity contribution in [1.82, 2.24) is 14.6 Å². The summed E-state index contributed by atoms with van der Waals surface area (Å²) in [6.45, 7) is -0.153. The topological polar surface area (TPSA) is 50.4 Å². The largest absolute Gasteiger partial charge is 0.388 e. The molecule has 2 heterocycles. The maximum Gasteiger partial charge on any atom is 0.177 e. The fourth-order valence-corrected chi connectivity index (χ4v) is 1.13. The molecule has 12 heavy (non-hydrogen) atoms. The predicted molar refractivity (Wildman–Crippen MR) is 43.9 cm³/mol. The summed E-state index contributed by atoms with van der Waals surface area (Å²) in [6.07, 6.45) is 1.64. The zero-order valence-electron chi connectivity index (χ0n) is 6.11. The molecule has 0 aromatic carbocycles. The van der Waals surface area contributed by atoms with Crippen LogP contribution in [0.3, 0.4) is 0 Å². The van der Waals surface area contributed by atoms with Gasteiger partial charge in [-0.3, -0.25) is 0 Å². The van der Waals surface area contributed by atoms with Crippen molar-refractivity contribution in [3.8, 4) is 0 Å². The van der Waals surface area contributed by atoms with Gasteiger partial charge in [-0.25, -0.2) is 9.50 Å². The highest BCUT2D eigenvalue weighted by atomic mass is 35.5. The van der Waals surface area contributed by atoms with E-state index in [1.165, 1.54) is 4.52 Å². The Morgan fingerprint density at radius 3 is 3.08 bits per heavy atom. The molecule has 0 aliphatic rings. The van der Waals surface area contributed by atoms with E-state index < -0.39 is 0 Å². The van der Waals surface area contributed by atoms with Crippen LogP contribution < -0.4 is 0 Å². The molecule has 1 N–H and O–H groups in total. The average molecular weight is 184 g/mol. The third kappa shape index (κ3) is 1.15. The Kier molecular flexibility index (Phi) is 1.71. The van der Waals surface area contributed by atoms with Crippen LogP contribution >= 0.6 is 11.6 Å². The SMILES string of the molecule is OCc1nc2ccc(Cl)cn2n1. The number of pyridine rings is 1. The zero-order chi connectivity index (χ0) is 8.55. The van der Waals surface area contributed by atoms with E-state index in [1.807, 2.05) is 0 Å². The number of hydrogen-bond donors (Lipinski definition) is 1. The van der Waals surface area contributed by atoms with Gasteiger partial charge in [0.2, 0.25) is 0 Å². The van der Waals surface area contributed by atoms with Crippen LogP contribution in [0.5, 0.6) is 0 Å². The molecule has 0 unspecified atom stereocenters. The molecular formula is C7H6ClN3O.